The smallest absolute Gasteiger partial charge is 0.231 e. The summed E-state index contributed by atoms with van der Waals surface area (Å²) in [5, 5.41) is 0. The van der Waals surface area contributed by atoms with Crippen LogP contribution in [-0.4, -0.2) is 39.7 Å². The molecule has 35 heavy (non-hydrogen) atoms. The van der Waals surface area contributed by atoms with E-state index in [1.54, 1.807) is 0 Å². The number of benzene rings is 3. The molecular weight excluding hydrogens is 462 g/mol. The summed E-state index contributed by atoms with van der Waals surface area (Å²) in [4.78, 5) is 14.2. The predicted molar refractivity (Wildman–Crippen MR) is 137 cm³/mol. The second-order valence-corrected chi connectivity index (χ2v) is 10.3. The van der Waals surface area contributed by atoms with Crippen LogP contribution in [0.4, 0.5) is 0 Å². The molecule has 0 bridgehead atoms. The van der Waals surface area contributed by atoms with Gasteiger partial charge in [0.2, 0.25) is 6.79 Å². The molecule has 0 radical (unpaired) electrons. The summed E-state index contributed by atoms with van der Waals surface area (Å²) in [5.41, 5.74) is 3.72. The summed E-state index contributed by atoms with van der Waals surface area (Å²) in [6, 6.07) is 21.9. The Morgan fingerprint density at radius 1 is 0.914 bits per heavy atom. The molecule has 0 aromatic heterocycles. The van der Waals surface area contributed by atoms with Crippen molar-refractivity contribution in [3.05, 3.63) is 77.9 Å². The van der Waals surface area contributed by atoms with E-state index in [-0.39, 0.29) is 18.1 Å². The normalized spacial score (nSPS) is 16.0. The zero-order valence-electron chi connectivity index (χ0n) is 20.1. The maximum atomic E-state index is 13.4. The largest absolute Gasteiger partial charge is 0.454 e. The molecule has 6 nitrogen and oxygen atoms in total. The first-order valence-corrected chi connectivity index (χ1v) is 12.9. The van der Waals surface area contributed by atoms with Crippen LogP contribution in [0.5, 0.6) is 11.5 Å². The number of ether oxygens (including phenoxy) is 2. The van der Waals surface area contributed by atoms with Gasteiger partial charge >= 0.3 is 0 Å². The molecule has 1 atom stereocenters. The van der Waals surface area contributed by atoms with Crippen molar-refractivity contribution in [3.8, 4) is 22.6 Å². The average molecular weight is 494 g/mol. The molecule has 3 aromatic rings. The van der Waals surface area contributed by atoms with E-state index in [1.807, 2.05) is 72.7 Å². The molecule has 1 unspecified atom stereocenters. The van der Waals surface area contributed by atoms with E-state index in [0.29, 0.717) is 6.42 Å². The van der Waals surface area contributed by atoms with Gasteiger partial charge in [-0.05, 0) is 59.4 Å². The fraction of sp³-hybridized carbons (Fsp3) is 0.321. The van der Waals surface area contributed by atoms with Crippen LogP contribution in [-0.2, 0) is 27.6 Å². The molecule has 1 aliphatic heterocycles. The van der Waals surface area contributed by atoms with Crippen molar-refractivity contribution in [3.63, 3.8) is 0 Å². The van der Waals surface area contributed by atoms with Crippen LogP contribution < -0.4 is 9.47 Å². The standard InChI is InChI=1S/C28H29NO4S.H2O/c1-3-29(4-2)34(31)24-11-8-21(9-12-24)22-7-5-6-20(16-22)17-27(30)28(14-15-28)23-10-13-25-26(18-23)33-19-32-25;/h5-13,16,18H,3-4,14-15,17,19H2,1-2H3;1H2. The van der Waals surface area contributed by atoms with Crippen LogP contribution in [0.15, 0.2) is 71.6 Å². The molecule has 3 aromatic carbocycles. The van der Waals surface area contributed by atoms with Crippen molar-refractivity contribution in [2.75, 3.05) is 19.9 Å². The zero-order chi connectivity index (χ0) is 23.7. The Morgan fingerprint density at radius 3 is 2.31 bits per heavy atom. The number of nitrogens with zero attached hydrogens (tertiary/aromatic N) is 1. The van der Waals surface area contributed by atoms with Crippen molar-refractivity contribution in [2.45, 2.75) is 43.4 Å². The minimum atomic E-state index is -1.15. The van der Waals surface area contributed by atoms with Gasteiger partial charge in [0, 0.05) is 19.5 Å². The minimum absolute atomic E-state index is 0. The quantitative estimate of drug-likeness (QED) is 0.440. The Hall–Kier alpha value is -3.00. The SMILES string of the molecule is CCN(CC)S(=O)c1ccc(-c2cccc(CC(=O)C3(c4ccc5c(c4)OCO5)CC3)c2)cc1.O. The maximum absolute atomic E-state index is 13.4. The third-order valence-electron chi connectivity index (χ3n) is 6.83. The Bertz CT molecular complexity index is 1230. The van der Waals surface area contributed by atoms with Crippen molar-refractivity contribution in [1.82, 2.24) is 4.31 Å². The molecule has 184 valence electrons. The van der Waals surface area contributed by atoms with Crippen LogP contribution in [0, 0.1) is 0 Å². The fourth-order valence-corrected chi connectivity index (χ4v) is 5.77. The summed E-state index contributed by atoms with van der Waals surface area (Å²) in [6.07, 6.45) is 2.14. The van der Waals surface area contributed by atoms with Crippen LogP contribution in [0.3, 0.4) is 0 Å². The number of fused-ring (bicyclic) bond motifs is 1. The van der Waals surface area contributed by atoms with Crippen molar-refractivity contribution >= 4 is 16.8 Å². The number of rotatable bonds is 9. The molecule has 0 amide bonds. The van der Waals surface area contributed by atoms with E-state index < -0.39 is 16.4 Å². The number of hydrogen-bond donors (Lipinski definition) is 0. The lowest BCUT2D eigenvalue weighted by Gasteiger charge is -2.17. The van der Waals surface area contributed by atoms with E-state index in [2.05, 4.69) is 12.1 Å². The highest BCUT2D eigenvalue weighted by Crippen LogP contribution is 2.51. The van der Waals surface area contributed by atoms with Gasteiger partial charge in [-0.25, -0.2) is 8.51 Å². The summed E-state index contributed by atoms with van der Waals surface area (Å²) < 4.78 is 25.6. The van der Waals surface area contributed by atoms with Gasteiger partial charge in [-0.2, -0.15) is 0 Å². The lowest BCUT2D eigenvalue weighted by molar-refractivity contribution is -0.120. The lowest BCUT2D eigenvalue weighted by Crippen LogP contribution is -2.25. The monoisotopic (exact) mass is 493 g/mol. The fourth-order valence-electron chi connectivity index (χ4n) is 4.63. The first-order chi connectivity index (χ1) is 16.5. The molecule has 2 aliphatic rings. The summed E-state index contributed by atoms with van der Waals surface area (Å²) in [5.74, 6) is 1.71. The van der Waals surface area contributed by atoms with Crippen LogP contribution in [0.25, 0.3) is 11.1 Å². The van der Waals surface area contributed by atoms with Gasteiger partial charge in [-0.15, -0.1) is 0 Å². The molecular formula is C28H31NO5S. The topological polar surface area (TPSA) is 87.3 Å². The van der Waals surface area contributed by atoms with E-state index in [0.717, 1.165) is 64.6 Å². The first-order valence-electron chi connectivity index (χ1n) is 11.8. The molecule has 5 rings (SSSR count). The molecule has 2 N–H and O–H groups in total. The van der Waals surface area contributed by atoms with E-state index in [1.165, 1.54) is 0 Å². The Labute approximate surface area is 208 Å². The van der Waals surface area contributed by atoms with Crippen LogP contribution in [0.2, 0.25) is 0 Å². The van der Waals surface area contributed by atoms with Gasteiger partial charge in [-0.1, -0.05) is 56.3 Å². The number of carbonyl (C=O) groups excluding carboxylic acids is 1. The molecule has 0 saturated heterocycles. The average Bonchev–Trinajstić information content (AvgIpc) is 3.56. The maximum Gasteiger partial charge on any atom is 0.231 e. The number of hydrogen-bond acceptors (Lipinski definition) is 4. The Morgan fingerprint density at radius 2 is 1.63 bits per heavy atom. The predicted octanol–water partition coefficient (Wildman–Crippen LogP) is 4.47. The second-order valence-electron chi connectivity index (χ2n) is 8.84. The van der Waals surface area contributed by atoms with Gasteiger partial charge in [-0.3, -0.25) is 4.79 Å². The first kappa shape index (κ1) is 25.1. The van der Waals surface area contributed by atoms with E-state index >= 15 is 0 Å². The van der Waals surface area contributed by atoms with Gasteiger partial charge in [0.25, 0.3) is 0 Å². The molecule has 1 saturated carbocycles. The van der Waals surface area contributed by atoms with Crippen molar-refractivity contribution in [2.24, 2.45) is 0 Å². The number of carbonyl (C=O) groups is 1. The number of Topliss-reactive ketones (excluding diaryl/α,β-unsaturated/α-hetero) is 1. The summed E-state index contributed by atoms with van der Waals surface area (Å²) in [6.45, 7) is 5.75. The third-order valence-corrected chi connectivity index (χ3v) is 8.49. The third kappa shape index (κ3) is 4.89. The Balaban J connectivity index is 0.00000289. The van der Waals surface area contributed by atoms with Crippen molar-refractivity contribution < 1.29 is 24.0 Å². The minimum Gasteiger partial charge on any atom is -0.454 e. The van der Waals surface area contributed by atoms with Crippen molar-refractivity contribution in [1.29, 1.82) is 0 Å². The molecule has 1 aliphatic carbocycles. The lowest BCUT2D eigenvalue weighted by atomic mass is 9.87. The molecule has 1 heterocycles. The summed E-state index contributed by atoms with van der Waals surface area (Å²) >= 11 is 0. The second kappa shape index (κ2) is 10.3. The van der Waals surface area contributed by atoms with Crippen LogP contribution >= 0.6 is 0 Å². The zero-order valence-corrected chi connectivity index (χ0v) is 20.9. The molecule has 0 spiro atoms. The highest BCUT2D eigenvalue weighted by Gasteiger charge is 2.50. The number of ketones is 1. The van der Waals surface area contributed by atoms with E-state index in [4.69, 9.17) is 9.47 Å². The van der Waals surface area contributed by atoms with Gasteiger partial charge in [0.15, 0.2) is 11.5 Å². The van der Waals surface area contributed by atoms with Crippen LogP contribution in [0.1, 0.15) is 37.8 Å². The highest BCUT2D eigenvalue weighted by molar-refractivity contribution is 7.82. The van der Waals surface area contributed by atoms with Gasteiger partial charge in [0.05, 0.1) is 10.3 Å². The van der Waals surface area contributed by atoms with Gasteiger partial charge < -0.3 is 14.9 Å². The Kier molecular flexibility index (Phi) is 7.40. The highest BCUT2D eigenvalue weighted by atomic mass is 32.2. The van der Waals surface area contributed by atoms with E-state index in [9.17, 15) is 9.00 Å². The molecule has 1 fully saturated rings. The van der Waals surface area contributed by atoms with Gasteiger partial charge in [0.1, 0.15) is 16.8 Å². The molecule has 7 heteroatoms. The summed E-state index contributed by atoms with van der Waals surface area (Å²) in [7, 11) is -1.15.